The molecule has 72 valence electrons. The van der Waals surface area contributed by atoms with Crippen molar-refractivity contribution in [1.82, 2.24) is 20.1 Å². The maximum Gasteiger partial charge on any atom is 0.137 e. The van der Waals surface area contributed by atoms with Gasteiger partial charge in [-0.1, -0.05) is 6.42 Å². The van der Waals surface area contributed by atoms with Gasteiger partial charge in [-0.15, -0.1) is 0 Å². The SMILES string of the molecule is c1n[nH]c(CCN2CCCCC2)n1. The number of aromatic nitrogens is 3. The van der Waals surface area contributed by atoms with Crippen molar-refractivity contribution in [3.63, 3.8) is 0 Å². The highest BCUT2D eigenvalue weighted by Crippen LogP contribution is 2.08. The van der Waals surface area contributed by atoms with Crippen molar-refractivity contribution in [1.29, 1.82) is 0 Å². The first-order chi connectivity index (χ1) is 6.45. The van der Waals surface area contributed by atoms with Crippen LogP contribution < -0.4 is 0 Å². The molecule has 0 unspecified atom stereocenters. The summed E-state index contributed by atoms with van der Waals surface area (Å²) in [7, 11) is 0. The van der Waals surface area contributed by atoms with Gasteiger partial charge in [0.15, 0.2) is 0 Å². The van der Waals surface area contributed by atoms with E-state index in [4.69, 9.17) is 0 Å². The van der Waals surface area contributed by atoms with Crippen LogP contribution >= 0.6 is 0 Å². The molecule has 0 bridgehead atoms. The minimum absolute atomic E-state index is 1.00. The second-order valence-corrected chi connectivity index (χ2v) is 3.58. The van der Waals surface area contributed by atoms with Gasteiger partial charge in [-0.3, -0.25) is 5.10 Å². The first-order valence-corrected chi connectivity index (χ1v) is 5.02. The molecule has 1 N–H and O–H groups in total. The van der Waals surface area contributed by atoms with E-state index in [2.05, 4.69) is 20.1 Å². The number of aromatic amines is 1. The Labute approximate surface area is 78.4 Å². The van der Waals surface area contributed by atoms with Crippen molar-refractivity contribution in [3.05, 3.63) is 12.2 Å². The fourth-order valence-electron chi connectivity index (χ4n) is 1.80. The Bertz CT molecular complexity index is 226. The van der Waals surface area contributed by atoms with Gasteiger partial charge in [-0.25, -0.2) is 4.98 Å². The summed E-state index contributed by atoms with van der Waals surface area (Å²) in [5.74, 6) is 1.01. The van der Waals surface area contributed by atoms with Gasteiger partial charge >= 0.3 is 0 Å². The molecule has 13 heavy (non-hydrogen) atoms. The Kier molecular flexibility index (Phi) is 2.92. The fourth-order valence-corrected chi connectivity index (χ4v) is 1.80. The molecular formula is C9H16N4. The van der Waals surface area contributed by atoms with Crippen LogP contribution in [-0.2, 0) is 6.42 Å². The molecule has 0 amide bonds. The van der Waals surface area contributed by atoms with Crippen LogP contribution in [0.4, 0.5) is 0 Å². The molecule has 2 heterocycles. The van der Waals surface area contributed by atoms with E-state index in [0.29, 0.717) is 0 Å². The lowest BCUT2D eigenvalue weighted by atomic mass is 10.1. The third kappa shape index (κ3) is 2.52. The van der Waals surface area contributed by atoms with E-state index < -0.39 is 0 Å². The van der Waals surface area contributed by atoms with Crippen molar-refractivity contribution in [2.45, 2.75) is 25.7 Å². The Hall–Kier alpha value is -0.900. The van der Waals surface area contributed by atoms with E-state index >= 15 is 0 Å². The van der Waals surface area contributed by atoms with Gasteiger partial charge in [-0.2, -0.15) is 5.10 Å². The molecule has 0 aromatic carbocycles. The number of rotatable bonds is 3. The first kappa shape index (κ1) is 8.69. The average Bonchev–Trinajstić information content (AvgIpc) is 2.69. The Morgan fingerprint density at radius 2 is 2.15 bits per heavy atom. The van der Waals surface area contributed by atoms with Crippen LogP contribution in [0.5, 0.6) is 0 Å². The average molecular weight is 180 g/mol. The molecule has 1 saturated heterocycles. The summed E-state index contributed by atoms with van der Waals surface area (Å²) >= 11 is 0. The lowest BCUT2D eigenvalue weighted by Gasteiger charge is -2.25. The summed E-state index contributed by atoms with van der Waals surface area (Å²) in [6.45, 7) is 3.64. The van der Waals surface area contributed by atoms with Crippen molar-refractivity contribution < 1.29 is 0 Å². The molecule has 4 nitrogen and oxygen atoms in total. The number of nitrogens with one attached hydrogen (secondary N) is 1. The lowest BCUT2D eigenvalue weighted by molar-refractivity contribution is 0.230. The predicted octanol–water partition coefficient (Wildman–Crippen LogP) is 0.833. The minimum atomic E-state index is 1.00. The minimum Gasteiger partial charge on any atom is -0.303 e. The van der Waals surface area contributed by atoms with E-state index in [9.17, 15) is 0 Å². The number of piperidine rings is 1. The molecule has 0 spiro atoms. The zero-order chi connectivity index (χ0) is 8.93. The lowest BCUT2D eigenvalue weighted by Crippen LogP contribution is -2.31. The largest absolute Gasteiger partial charge is 0.303 e. The smallest absolute Gasteiger partial charge is 0.137 e. The maximum atomic E-state index is 4.11. The van der Waals surface area contributed by atoms with Gasteiger partial charge < -0.3 is 4.90 Å². The zero-order valence-electron chi connectivity index (χ0n) is 7.87. The number of likely N-dealkylation sites (tertiary alicyclic amines) is 1. The third-order valence-corrected chi connectivity index (χ3v) is 2.58. The van der Waals surface area contributed by atoms with Gasteiger partial charge in [0.2, 0.25) is 0 Å². The molecule has 0 atom stereocenters. The molecule has 1 aromatic heterocycles. The molecular weight excluding hydrogens is 164 g/mol. The van der Waals surface area contributed by atoms with Gasteiger partial charge in [0.1, 0.15) is 12.2 Å². The van der Waals surface area contributed by atoms with Gasteiger partial charge in [0.25, 0.3) is 0 Å². The van der Waals surface area contributed by atoms with E-state index in [0.717, 1.165) is 18.8 Å². The van der Waals surface area contributed by atoms with Gasteiger partial charge in [-0.05, 0) is 25.9 Å². The van der Waals surface area contributed by atoms with Crippen molar-refractivity contribution in [2.24, 2.45) is 0 Å². The normalized spacial score (nSPS) is 19.1. The Balaban J connectivity index is 1.72. The number of H-pyrrole nitrogens is 1. The van der Waals surface area contributed by atoms with Crippen LogP contribution in [0.1, 0.15) is 25.1 Å². The predicted molar refractivity (Wildman–Crippen MR) is 50.4 cm³/mol. The molecule has 4 heteroatoms. The molecule has 1 aromatic rings. The number of nitrogens with zero attached hydrogens (tertiary/aromatic N) is 3. The van der Waals surface area contributed by atoms with Crippen molar-refractivity contribution in [3.8, 4) is 0 Å². The molecule has 1 fully saturated rings. The van der Waals surface area contributed by atoms with E-state index in [1.165, 1.54) is 32.4 Å². The molecule has 0 aliphatic carbocycles. The molecule has 0 saturated carbocycles. The van der Waals surface area contributed by atoms with Crippen molar-refractivity contribution >= 4 is 0 Å². The Morgan fingerprint density at radius 1 is 1.31 bits per heavy atom. The second-order valence-electron chi connectivity index (χ2n) is 3.58. The highest BCUT2D eigenvalue weighted by molar-refractivity contribution is 4.81. The van der Waals surface area contributed by atoms with Crippen molar-refractivity contribution in [2.75, 3.05) is 19.6 Å². The quantitative estimate of drug-likeness (QED) is 0.749. The van der Waals surface area contributed by atoms with E-state index in [1.54, 1.807) is 6.33 Å². The zero-order valence-corrected chi connectivity index (χ0v) is 7.87. The molecule has 0 radical (unpaired) electrons. The van der Waals surface area contributed by atoms with Crippen LogP contribution in [0.2, 0.25) is 0 Å². The maximum absolute atomic E-state index is 4.11. The molecule has 2 rings (SSSR count). The number of hydrogen-bond acceptors (Lipinski definition) is 3. The van der Waals surface area contributed by atoms with E-state index in [1.807, 2.05) is 0 Å². The first-order valence-electron chi connectivity index (χ1n) is 5.02. The summed E-state index contributed by atoms with van der Waals surface area (Å²) in [6.07, 6.45) is 6.69. The van der Waals surface area contributed by atoms with E-state index in [-0.39, 0.29) is 0 Å². The summed E-state index contributed by atoms with van der Waals surface area (Å²) < 4.78 is 0. The van der Waals surface area contributed by atoms with Crippen LogP contribution in [0, 0.1) is 0 Å². The highest BCUT2D eigenvalue weighted by Gasteiger charge is 2.09. The highest BCUT2D eigenvalue weighted by atomic mass is 15.2. The monoisotopic (exact) mass is 180 g/mol. The van der Waals surface area contributed by atoms with Crippen LogP contribution in [0.3, 0.4) is 0 Å². The van der Waals surface area contributed by atoms with Gasteiger partial charge in [0, 0.05) is 13.0 Å². The standard InChI is InChI=1S/C9H16N4/c1-2-5-13(6-3-1)7-4-9-10-8-11-12-9/h8H,1-7H2,(H,10,11,12). The van der Waals surface area contributed by atoms with Crippen LogP contribution in [0.25, 0.3) is 0 Å². The third-order valence-electron chi connectivity index (χ3n) is 2.58. The van der Waals surface area contributed by atoms with Gasteiger partial charge in [0.05, 0.1) is 0 Å². The van der Waals surface area contributed by atoms with Crippen LogP contribution in [0.15, 0.2) is 6.33 Å². The fraction of sp³-hybridized carbons (Fsp3) is 0.778. The number of hydrogen-bond donors (Lipinski definition) is 1. The topological polar surface area (TPSA) is 44.8 Å². The summed E-state index contributed by atoms with van der Waals surface area (Å²) in [4.78, 5) is 6.61. The molecule has 1 aliphatic rings. The summed E-state index contributed by atoms with van der Waals surface area (Å²) in [5.41, 5.74) is 0. The van der Waals surface area contributed by atoms with Crippen LogP contribution in [-0.4, -0.2) is 39.7 Å². The summed E-state index contributed by atoms with van der Waals surface area (Å²) in [5, 5.41) is 6.72. The summed E-state index contributed by atoms with van der Waals surface area (Å²) in [6, 6.07) is 0. The second kappa shape index (κ2) is 4.37. The Morgan fingerprint density at radius 3 is 2.85 bits per heavy atom. The molecule has 1 aliphatic heterocycles.